The molecule has 0 saturated carbocycles. The first-order valence-corrected chi connectivity index (χ1v) is 6.42. The van der Waals surface area contributed by atoms with Crippen molar-refractivity contribution in [2.75, 3.05) is 31.6 Å². The van der Waals surface area contributed by atoms with Gasteiger partial charge in [0, 0.05) is 25.0 Å². The van der Waals surface area contributed by atoms with Crippen LogP contribution in [0.1, 0.15) is 5.69 Å². The number of rotatable bonds is 7. The van der Waals surface area contributed by atoms with Gasteiger partial charge in [-0.1, -0.05) is 0 Å². The fourth-order valence-electron chi connectivity index (χ4n) is 1.58. The van der Waals surface area contributed by atoms with E-state index < -0.39 is 5.91 Å². The molecule has 1 aromatic heterocycles. The van der Waals surface area contributed by atoms with Crippen molar-refractivity contribution in [3.8, 4) is 6.07 Å². The standard InChI is InChI=1S/C14H18N4O3/c1-11-2-3-13(10-16-11)17-9-12(8-15)14(21)18(4-6-19)5-7-20/h2-3,9-10,17,19-20H,4-7H2,1H3/b12-9-. The van der Waals surface area contributed by atoms with Crippen LogP contribution in [0.25, 0.3) is 0 Å². The highest BCUT2D eigenvalue weighted by Crippen LogP contribution is 2.07. The molecule has 0 aliphatic rings. The molecular formula is C14H18N4O3. The minimum Gasteiger partial charge on any atom is -0.395 e. The molecular weight excluding hydrogens is 272 g/mol. The first-order valence-electron chi connectivity index (χ1n) is 6.42. The van der Waals surface area contributed by atoms with Gasteiger partial charge >= 0.3 is 0 Å². The van der Waals surface area contributed by atoms with Gasteiger partial charge in [0.25, 0.3) is 5.91 Å². The molecule has 0 atom stereocenters. The number of hydrogen-bond donors (Lipinski definition) is 3. The van der Waals surface area contributed by atoms with Crippen molar-refractivity contribution in [1.82, 2.24) is 9.88 Å². The normalized spacial score (nSPS) is 10.9. The van der Waals surface area contributed by atoms with Crippen molar-refractivity contribution >= 4 is 11.6 Å². The van der Waals surface area contributed by atoms with Crippen LogP contribution in [0.2, 0.25) is 0 Å². The number of hydrogen-bond acceptors (Lipinski definition) is 6. The second kappa shape index (κ2) is 8.68. The van der Waals surface area contributed by atoms with Gasteiger partial charge in [0.05, 0.1) is 25.1 Å². The number of anilines is 1. The second-order valence-electron chi connectivity index (χ2n) is 4.24. The topological polar surface area (TPSA) is 109 Å². The second-order valence-corrected chi connectivity index (χ2v) is 4.24. The predicted octanol–water partition coefficient (Wildman–Crippen LogP) is 0.0226. The van der Waals surface area contributed by atoms with Crippen molar-refractivity contribution in [2.24, 2.45) is 0 Å². The van der Waals surface area contributed by atoms with Crippen LogP contribution in [0.5, 0.6) is 0 Å². The molecule has 21 heavy (non-hydrogen) atoms. The molecule has 1 amide bonds. The molecule has 0 unspecified atom stereocenters. The zero-order valence-corrected chi connectivity index (χ0v) is 11.8. The van der Waals surface area contributed by atoms with Gasteiger partial charge in [0.15, 0.2) is 0 Å². The van der Waals surface area contributed by atoms with Gasteiger partial charge in [0.1, 0.15) is 11.6 Å². The molecule has 0 bridgehead atoms. The van der Waals surface area contributed by atoms with Gasteiger partial charge in [-0.3, -0.25) is 9.78 Å². The van der Waals surface area contributed by atoms with E-state index in [0.717, 1.165) is 5.69 Å². The maximum absolute atomic E-state index is 12.1. The average molecular weight is 290 g/mol. The van der Waals surface area contributed by atoms with E-state index in [1.807, 2.05) is 6.92 Å². The van der Waals surface area contributed by atoms with Gasteiger partial charge in [-0.15, -0.1) is 0 Å². The molecule has 0 saturated heterocycles. The molecule has 0 aliphatic carbocycles. The summed E-state index contributed by atoms with van der Waals surface area (Å²) < 4.78 is 0. The Balaban J connectivity index is 2.80. The fourth-order valence-corrected chi connectivity index (χ4v) is 1.58. The minimum absolute atomic E-state index is 0.0600. The number of aryl methyl sites for hydroxylation is 1. The molecule has 7 heteroatoms. The SMILES string of the molecule is Cc1ccc(N/C=C(/C#N)C(=O)N(CCO)CCO)cn1. The van der Waals surface area contributed by atoms with Crippen LogP contribution >= 0.6 is 0 Å². The number of aliphatic hydroxyl groups excluding tert-OH is 2. The number of amides is 1. The summed E-state index contributed by atoms with van der Waals surface area (Å²) in [4.78, 5) is 17.4. The highest BCUT2D eigenvalue weighted by atomic mass is 16.3. The number of aromatic nitrogens is 1. The lowest BCUT2D eigenvalue weighted by Crippen LogP contribution is -2.36. The number of carbonyl (C=O) groups is 1. The zero-order valence-electron chi connectivity index (χ0n) is 11.8. The van der Waals surface area contributed by atoms with Crippen LogP contribution in [-0.2, 0) is 4.79 Å². The molecule has 0 aromatic carbocycles. The number of nitrogens with zero attached hydrogens (tertiary/aromatic N) is 3. The summed E-state index contributed by atoms with van der Waals surface area (Å²) in [6.45, 7) is 1.50. The lowest BCUT2D eigenvalue weighted by atomic mass is 10.2. The maximum atomic E-state index is 12.1. The molecule has 1 heterocycles. The highest BCUT2D eigenvalue weighted by Gasteiger charge is 2.17. The van der Waals surface area contributed by atoms with E-state index in [1.165, 1.54) is 11.1 Å². The van der Waals surface area contributed by atoms with Crippen molar-refractivity contribution in [3.05, 3.63) is 35.8 Å². The Labute approximate surface area is 123 Å². The maximum Gasteiger partial charge on any atom is 0.266 e. The summed E-state index contributed by atoms with van der Waals surface area (Å²) in [5.41, 5.74) is 1.40. The fraction of sp³-hybridized carbons (Fsp3) is 0.357. The van der Waals surface area contributed by atoms with E-state index in [4.69, 9.17) is 15.5 Å². The highest BCUT2D eigenvalue weighted by molar-refractivity contribution is 5.97. The van der Waals surface area contributed by atoms with Crippen molar-refractivity contribution in [2.45, 2.75) is 6.92 Å². The predicted molar refractivity (Wildman–Crippen MR) is 77.0 cm³/mol. The molecule has 112 valence electrons. The molecule has 0 aliphatic heterocycles. The van der Waals surface area contributed by atoms with Crippen molar-refractivity contribution < 1.29 is 15.0 Å². The lowest BCUT2D eigenvalue weighted by Gasteiger charge is -2.19. The Morgan fingerprint density at radius 1 is 1.43 bits per heavy atom. The van der Waals surface area contributed by atoms with E-state index in [-0.39, 0.29) is 31.9 Å². The van der Waals surface area contributed by atoms with E-state index in [1.54, 1.807) is 24.4 Å². The Morgan fingerprint density at radius 3 is 2.57 bits per heavy atom. The summed E-state index contributed by atoms with van der Waals surface area (Å²) in [7, 11) is 0. The number of nitriles is 1. The van der Waals surface area contributed by atoms with Crippen LogP contribution in [0.3, 0.4) is 0 Å². The van der Waals surface area contributed by atoms with E-state index in [2.05, 4.69) is 10.3 Å². The van der Waals surface area contributed by atoms with Gasteiger partial charge in [-0.25, -0.2) is 0 Å². The summed E-state index contributed by atoms with van der Waals surface area (Å²) >= 11 is 0. The average Bonchev–Trinajstić information content (AvgIpc) is 2.49. The van der Waals surface area contributed by atoms with Crippen molar-refractivity contribution in [1.29, 1.82) is 5.26 Å². The molecule has 0 spiro atoms. The third-order valence-corrected chi connectivity index (χ3v) is 2.67. The largest absolute Gasteiger partial charge is 0.395 e. The van der Waals surface area contributed by atoms with Gasteiger partial charge in [-0.05, 0) is 19.1 Å². The van der Waals surface area contributed by atoms with Crippen LogP contribution < -0.4 is 5.32 Å². The molecule has 0 radical (unpaired) electrons. The monoisotopic (exact) mass is 290 g/mol. The van der Waals surface area contributed by atoms with E-state index in [9.17, 15) is 4.79 Å². The van der Waals surface area contributed by atoms with Crippen LogP contribution in [0.4, 0.5) is 5.69 Å². The van der Waals surface area contributed by atoms with Crippen LogP contribution in [0.15, 0.2) is 30.1 Å². The van der Waals surface area contributed by atoms with Gasteiger partial charge in [-0.2, -0.15) is 5.26 Å². The minimum atomic E-state index is -0.548. The Morgan fingerprint density at radius 2 is 2.10 bits per heavy atom. The molecule has 1 rings (SSSR count). The first kappa shape index (κ1) is 16.6. The van der Waals surface area contributed by atoms with Crippen LogP contribution in [-0.4, -0.2) is 52.3 Å². The Kier molecular flexibility index (Phi) is 6.87. The molecule has 3 N–H and O–H groups in total. The third-order valence-electron chi connectivity index (χ3n) is 2.67. The zero-order chi connectivity index (χ0) is 15.7. The van der Waals surface area contributed by atoms with Gasteiger partial charge in [0.2, 0.25) is 0 Å². The van der Waals surface area contributed by atoms with E-state index in [0.29, 0.717) is 5.69 Å². The molecule has 0 fully saturated rings. The molecule has 7 nitrogen and oxygen atoms in total. The number of aliphatic hydroxyl groups is 2. The quantitative estimate of drug-likeness (QED) is 0.482. The number of carbonyl (C=O) groups excluding carboxylic acids is 1. The van der Waals surface area contributed by atoms with Crippen LogP contribution in [0, 0.1) is 18.3 Å². The van der Waals surface area contributed by atoms with Crippen molar-refractivity contribution in [3.63, 3.8) is 0 Å². The number of pyridine rings is 1. The summed E-state index contributed by atoms with van der Waals surface area (Å²) in [6.07, 6.45) is 2.88. The Bertz CT molecular complexity index is 528. The molecule has 1 aromatic rings. The summed E-state index contributed by atoms with van der Waals surface area (Å²) in [6, 6.07) is 5.38. The summed E-state index contributed by atoms with van der Waals surface area (Å²) in [5.74, 6) is -0.548. The van der Waals surface area contributed by atoms with Gasteiger partial charge < -0.3 is 20.4 Å². The van der Waals surface area contributed by atoms with E-state index >= 15 is 0 Å². The smallest absolute Gasteiger partial charge is 0.266 e. The first-order chi connectivity index (χ1) is 10.1. The Hall–Kier alpha value is -2.43. The number of nitrogens with one attached hydrogen (secondary N) is 1. The summed E-state index contributed by atoms with van der Waals surface area (Å²) in [5, 5.41) is 29.7. The third kappa shape index (κ3) is 5.22. The lowest BCUT2D eigenvalue weighted by molar-refractivity contribution is -0.127.